The Kier molecular flexibility index (Phi) is 7.75. The standard InChI is InChI=1S/C25H24ClFN6O2/c26-24-22(17-29-33(25(24)35)19-7-2-1-3-8-19)31-15-13-30(14-16-31)18-23(34)32(12-6-11-28)21-10-5-4-9-20(21)27/h1-5,7-10,17H,6,12-16,18H2. The first-order valence-corrected chi connectivity index (χ1v) is 11.6. The molecule has 0 aliphatic carbocycles. The van der Waals surface area contributed by atoms with Gasteiger partial charge in [-0.1, -0.05) is 41.9 Å². The highest BCUT2D eigenvalue weighted by Gasteiger charge is 2.25. The lowest BCUT2D eigenvalue weighted by Gasteiger charge is -2.36. The van der Waals surface area contributed by atoms with Crippen LogP contribution in [-0.2, 0) is 4.79 Å². The maximum absolute atomic E-state index is 14.3. The Morgan fingerprint density at radius 3 is 2.46 bits per heavy atom. The molecule has 1 fully saturated rings. The van der Waals surface area contributed by atoms with Crippen molar-refractivity contribution in [2.75, 3.05) is 49.1 Å². The van der Waals surface area contributed by atoms with Crippen LogP contribution in [0.4, 0.5) is 15.8 Å². The van der Waals surface area contributed by atoms with E-state index in [1.54, 1.807) is 30.5 Å². The number of nitriles is 1. The number of benzene rings is 2. The van der Waals surface area contributed by atoms with Crippen molar-refractivity contribution in [1.29, 1.82) is 5.26 Å². The van der Waals surface area contributed by atoms with Crippen molar-refractivity contribution in [2.45, 2.75) is 6.42 Å². The van der Waals surface area contributed by atoms with E-state index in [0.29, 0.717) is 37.6 Å². The number of rotatable bonds is 7. The molecule has 0 N–H and O–H groups in total. The van der Waals surface area contributed by atoms with Crippen LogP contribution < -0.4 is 15.4 Å². The molecule has 10 heteroatoms. The summed E-state index contributed by atoms with van der Waals surface area (Å²) in [7, 11) is 0. The van der Waals surface area contributed by atoms with Gasteiger partial charge in [0.25, 0.3) is 5.56 Å². The molecule has 0 bridgehead atoms. The average molecular weight is 495 g/mol. The smallest absolute Gasteiger partial charge is 0.292 e. The third kappa shape index (κ3) is 5.50. The lowest BCUT2D eigenvalue weighted by molar-refractivity contribution is -0.119. The molecule has 1 aliphatic rings. The summed E-state index contributed by atoms with van der Waals surface area (Å²) < 4.78 is 15.6. The van der Waals surface area contributed by atoms with Crippen molar-refractivity contribution >= 4 is 28.9 Å². The van der Waals surface area contributed by atoms with Crippen molar-refractivity contribution in [3.05, 3.63) is 82.0 Å². The van der Waals surface area contributed by atoms with Crippen molar-refractivity contribution in [2.24, 2.45) is 0 Å². The highest BCUT2D eigenvalue weighted by molar-refractivity contribution is 6.33. The molecule has 0 spiro atoms. The summed E-state index contributed by atoms with van der Waals surface area (Å²) in [6.07, 6.45) is 1.69. The van der Waals surface area contributed by atoms with Crippen LogP contribution in [0.1, 0.15) is 6.42 Å². The van der Waals surface area contributed by atoms with Crippen LogP contribution in [0, 0.1) is 17.1 Å². The number of carbonyl (C=O) groups excluding carboxylic acids is 1. The first kappa shape index (κ1) is 24.4. The third-order valence-electron chi connectivity index (χ3n) is 5.86. The Hall–Kier alpha value is -3.74. The molecule has 0 saturated carbocycles. The van der Waals surface area contributed by atoms with Crippen LogP contribution in [0.5, 0.6) is 0 Å². The molecule has 8 nitrogen and oxygen atoms in total. The summed E-state index contributed by atoms with van der Waals surface area (Å²) in [5.74, 6) is -0.778. The highest BCUT2D eigenvalue weighted by atomic mass is 35.5. The van der Waals surface area contributed by atoms with Crippen LogP contribution >= 0.6 is 11.6 Å². The zero-order chi connectivity index (χ0) is 24.8. The Morgan fingerprint density at radius 2 is 1.77 bits per heavy atom. The van der Waals surface area contributed by atoms with E-state index in [0.717, 1.165) is 0 Å². The number of carbonyl (C=O) groups is 1. The van der Waals surface area contributed by atoms with Crippen LogP contribution in [0.25, 0.3) is 5.69 Å². The molecule has 0 atom stereocenters. The summed E-state index contributed by atoms with van der Waals surface area (Å²) in [5.41, 5.74) is 0.955. The highest BCUT2D eigenvalue weighted by Crippen LogP contribution is 2.24. The van der Waals surface area contributed by atoms with E-state index in [4.69, 9.17) is 16.9 Å². The number of anilines is 2. The SMILES string of the molecule is N#CCCN(C(=O)CN1CCN(c2cnn(-c3ccccc3)c(=O)c2Cl)CC1)c1ccccc1F. The number of aromatic nitrogens is 2. The molecule has 3 aromatic rings. The van der Waals surface area contributed by atoms with Gasteiger partial charge < -0.3 is 9.80 Å². The zero-order valence-corrected chi connectivity index (χ0v) is 19.7. The fourth-order valence-electron chi connectivity index (χ4n) is 4.03. The summed E-state index contributed by atoms with van der Waals surface area (Å²) in [6, 6.07) is 17.1. The topological polar surface area (TPSA) is 85.5 Å². The lowest BCUT2D eigenvalue weighted by atomic mass is 10.2. The first-order chi connectivity index (χ1) is 17.0. The predicted molar refractivity (Wildman–Crippen MR) is 132 cm³/mol. The van der Waals surface area contributed by atoms with E-state index < -0.39 is 11.4 Å². The van der Waals surface area contributed by atoms with E-state index in [9.17, 15) is 14.0 Å². The van der Waals surface area contributed by atoms with Gasteiger partial charge in [0.15, 0.2) is 0 Å². The molecule has 35 heavy (non-hydrogen) atoms. The minimum atomic E-state index is -0.504. The Labute approximate surface area is 207 Å². The number of hydrogen-bond donors (Lipinski definition) is 0. The van der Waals surface area contributed by atoms with Gasteiger partial charge in [-0.2, -0.15) is 15.0 Å². The Balaban J connectivity index is 1.42. The first-order valence-electron chi connectivity index (χ1n) is 11.2. The molecule has 1 saturated heterocycles. The lowest BCUT2D eigenvalue weighted by Crippen LogP contribution is -2.50. The molecule has 4 rings (SSSR count). The van der Waals surface area contributed by atoms with Crippen molar-refractivity contribution in [1.82, 2.24) is 14.7 Å². The monoisotopic (exact) mass is 494 g/mol. The fourth-order valence-corrected chi connectivity index (χ4v) is 4.28. The summed E-state index contributed by atoms with van der Waals surface area (Å²) in [5, 5.41) is 13.3. The molecule has 1 aliphatic heterocycles. The van der Waals surface area contributed by atoms with E-state index in [1.807, 2.05) is 34.1 Å². The van der Waals surface area contributed by atoms with E-state index >= 15 is 0 Å². The van der Waals surface area contributed by atoms with E-state index in [-0.39, 0.29) is 36.1 Å². The van der Waals surface area contributed by atoms with Crippen LogP contribution in [0.15, 0.2) is 65.6 Å². The molecular formula is C25H24ClFN6O2. The largest absolute Gasteiger partial charge is 0.366 e. The van der Waals surface area contributed by atoms with Gasteiger partial charge in [0.2, 0.25) is 5.91 Å². The quantitative estimate of drug-likeness (QED) is 0.502. The summed E-state index contributed by atoms with van der Waals surface area (Å²) in [4.78, 5) is 31.1. The van der Waals surface area contributed by atoms with Gasteiger partial charge in [0, 0.05) is 32.7 Å². The number of para-hydroxylation sites is 2. The molecule has 1 aromatic heterocycles. The summed E-state index contributed by atoms with van der Waals surface area (Å²) >= 11 is 6.42. The molecule has 180 valence electrons. The second kappa shape index (κ2) is 11.1. The second-order valence-electron chi connectivity index (χ2n) is 8.06. The number of piperazine rings is 1. The van der Waals surface area contributed by atoms with Crippen LogP contribution in [0.3, 0.4) is 0 Å². The minimum absolute atomic E-state index is 0.0924. The number of amides is 1. The predicted octanol–water partition coefficient (Wildman–Crippen LogP) is 3.09. The number of nitrogens with zero attached hydrogens (tertiary/aromatic N) is 6. The van der Waals surface area contributed by atoms with Gasteiger partial charge in [-0.05, 0) is 24.3 Å². The molecular weight excluding hydrogens is 471 g/mol. The molecule has 0 radical (unpaired) electrons. The van der Waals surface area contributed by atoms with Gasteiger partial charge in [0.05, 0.1) is 42.3 Å². The summed E-state index contributed by atoms with van der Waals surface area (Å²) in [6.45, 7) is 2.40. The van der Waals surface area contributed by atoms with Crippen molar-refractivity contribution in [3.8, 4) is 11.8 Å². The number of hydrogen-bond acceptors (Lipinski definition) is 6. The van der Waals surface area contributed by atoms with Gasteiger partial charge in [-0.15, -0.1) is 0 Å². The molecule has 1 amide bonds. The van der Waals surface area contributed by atoms with Gasteiger partial charge in [-0.25, -0.2) is 4.39 Å². The maximum Gasteiger partial charge on any atom is 0.292 e. The van der Waals surface area contributed by atoms with Gasteiger partial charge in [0.1, 0.15) is 10.8 Å². The van der Waals surface area contributed by atoms with Crippen LogP contribution in [-0.4, -0.2) is 59.9 Å². The molecule has 0 unspecified atom stereocenters. The number of halogens is 2. The second-order valence-corrected chi connectivity index (χ2v) is 8.44. The normalized spacial score (nSPS) is 13.9. The van der Waals surface area contributed by atoms with Gasteiger partial charge >= 0.3 is 0 Å². The van der Waals surface area contributed by atoms with E-state index in [1.165, 1.54) is 21.7 Å². The molecule has 2 aromatic carbocycles. The minimum Gasteiger partial charge on any atom is -0.366 e. The third-order valence-corrected chi connectivity index (χ3v) is 6.22. The average Bonchev–Trinajstić information content (AvgIpc) is 2.88. The van der Waals surface area contributed by atoms with Gasteiger partial charge in [-0.3, -0.25) is 14.5 Å². The van der Waals surface area contributed by atoms with Crippen molar-refractivity contribution < 1.29 is 9.18 Å². The van der Waals surface area contributed by atoms with Crippen LogP contribution in [0.2, 0.25) is 5.02 Å². The zero-order valence-electron chi connectivity index (χ0n) is 19.0. The Morgan fingerprint density at radius 1 is 1.09 bits per heavy atom. The maximum atomic E-state index is 14.3. The Bertz CT molecular complexity index is 1290. The van der Waals surface area contributed by atoms with E-state index in [2.05, 4.69) is 5.10 Å². The molecule has 2 heterocycles. The fraction of sp³-hybridized carbons (Fsp3) is 0.280. The van der Waals surface area contributed by atoms with Crippen molar-refractivity contribution in [3.63, 3.8) is 0 Å².